The number of nitrogens with one attached hydrogen (secondary N) is 1. The maximum atomic E-state index is 13.1. The van der Waals surface area contributed by atoms with E-state index >= 15 is 0 Å². The van der Waals surface area contributed by atoms with Crippen LogP contribution in [0.4, 0.5) is 0 Å². The largest absolute Gasteiger partial charge is 0.452 e. The van der Waals surface area contributed by atoms with Crippen molar-refractivity contribution in [3.8, 4) is 12.3 Å². The molecule has 2 amide bonds. The molecule has 2 heterocycles. The van der Waals surface area contributed by atoms with Gasteiger partial charge in [0, 0.05) is 29.2 Å². The van der Waals surface area contributed by atoms with Gasteiger partial charge in [0.05, 0.1) is 11.8 Å². The minimum Gasteiger partial charge on any atom is -0.452 e. The number of ether oxygens (including phenoxy) is 1. The fourth-order valence-electron chi connectivity index (χ4n) is 3.86. The van der Waals surface area contributed by atoms with Crippen molar-refractivity contribution < 1.29 is 19.1 Å². The van der Waals surface area contributed by atoms with Crippen LogP contribution in [0.1, 0.15) is 37.8 Å². The molecule has 0 radical (unpaired) electrons. The predicted octanol–water partition coefficient (Wildman–Crippen LogP) is 2.90. The molecule has 8 heteroatoms. The zero-order valence-corrected chi connectivity index (χ0v) is 18.8. The van der Waals surface area contributed by atoms with Gasteiger partial charge in [-0.2, -0.15) is 0 Å². The van der Waals surface area contributed by atoms with Crippen molar-refractivity contribution in [3.05, 3.63) is 34.3 Å². The fraction of sp³-hybridized carbons (Fsp3) is 0.500. The minimum atomic E-state index is -0.897. The second-order valence-electron chi connectivity index (χ2n) is 8.11. The van der Waals surface area contributed by atoms with Gasteiger partial charge in [0.1, 0.15) is 6.04 Å². The molecular weight excluding hydrogens is 424 g/mol. The quantitative estimate of drug-likeness (QED) is 0.553. The molecule has 3 atom stereocenters. The van der Waals surface area contributed by atoms with Crippen molar-refractivity contribution in [1.29, 1.82) is 0 Å². The molecule has 0 unspecified atom stereocenters. The van der Waals surface area contributed by atoms with E-state index in [9.17, 15) is 14.4 Å². The summed E-state index contributed by atoms with van der Waals surface area (Å²) in [7, 11) is 0. The number of thioether (sulfide) groups is 1. The van der Waals surface area contributed by atoms with Crippen LogP contribution in [0.3, 0.4) is 0 Å². The Morgan fingerprint density at radius 2 is 2.17 bits per heavy atom. The zero-order chi connectivity index (χ0) is 22.1. The lowest BCUT2D eigenvalue weighted by Gasteiger charge is -2.31. The molecule has 0 bridgehead atoms. The van der Waals surface area contributed by atoms with E-state index in [0.29, 0.717) is 10.9 Å². The number of aryl methyl sites for hydroxylation is 1. The molecule has 2 saturated heterocycles. The molecule has 1 N–H and O–H groups in total. The van der Waals surface area contributed by atoms with E-state index < -0.39 is 28.8 Å². The molecule has 0 saturated carbocycles. The highest BCUT2D eigenvalue weighted by Gasteiger charge is 2.51. The number of carbonyl (C=O) groups excluding carboxylic acids is 3. The third-order valence-electron chi connectivity index (χ3n) is 5.60. The van der Waals surface area contributed by atoms with Gasteiger partial charge in [-0.25, -0.2) is 0 Å². The number of hydrogen-bond donors (Lipinski definition) is 1. The van der Waals surface area contributed by atoms with Crippen molar-refractivity contribution in [1.82, 2.24) is 10.2 Å². The average molecular weight is 449 g/mol. The van der Waals surface area contributed by atoms with E-state index in [1.165, 1.54) is 16.7 Å². The second kappa shape index (κ2) is 8.91. The highest BCUT2D eigenvalue weighted by Crippen LogP contribution is 2.40. The number of rotatable bonds is 5. The number of carbonyl (C=O) groups is 3. The van der Waals surface area contributed by atoms with Gasteiger partial charge in [-0.05, 0) is 38.0 Å². The summed E-state index contributed by atoms with van der Waals surface area (Å²) in [4.78, 5) is 39.7. The Labute approximate surface area is 186 Å². The maximum Gasteiger partial charge on any atom is 0.310 e. The van der Waals surface area contributed by atoms with Crippen LogP contribution >= 0.6 is 23.4 Å². The highest BCUT2D eigenvalue weighted by atomic mass is 35.5. The fourth-order valence-corrected chi connectivity index (χ4v) is 5.29. The number of esters is 1. The van der Waals surface area contributed by atoms with Gasteiger partial charge in [-0.15, -0.1) is 24.1 Å². The lowest BCUT2D eigenvalue weighted by atomic mass is 9.98. The van der Waals surface area contributed by atoms with E-state index in [-0.39, 0.29) is 31.2 Å². The summed E-state index contributed by atoms with van der Waals surface area (Å²) < 4.78 is 4.78. The van der Waals surface area contributed by atoms with Crippen LogP contribution < -0.4 is 5.32 Å². The second-order valence-corrected chi connectivity index (χ2v) is 10.1. The Balaban J connectivity index is 1.73. The molecule has 30 heavy (non-hydrogen) atoms. The molecule has 6 nitrogen and oxygen atoms in total. The first-order valence-corrected chi connectivity index (χ1v) is 11.1. The Kier molecular flexibility index (Phi) is 6.68. The smallest absolute Gasteiger partial charge is 0.310 e. The summed E-state index contributed by atoms with van der Waals surface area (Å²) in [6, 6.07) is 4.88. The third-order valence-corrected chi connectivity index (χ3v) is 7.33. The van der Waals surface area contributed by atoms with Crippen LogP contribution in [-0.2, 0) is 25.7 Å². The average Bonchev–Trinajstić information content (AvgIpc) is 3.20. The molecule has 0 spiro atoms. The van der Waals surface area contributed by atoms with Crippen molar-refractivity contribution in [2.75, 3.05) is 5.88 Å². The van der Waals surface area contributed by atoms with Crippen molar-refractivity contribution in [2.45, 2.75) is 57.1 Å². The number of terminal acetylenes is 1. The first-order valence-electron chi connectivity index (χ1n) is 9.75. The van der Waals surface area contributed by atoms with Crippen LogP contribution in [0.15, 0.2) is 18.2 Å². The zero-order valence-electron chi connectivity index (χ0n) is 17.2. The Morgan fingerprint density at radius 1 is 1.43 bits per heavy atom. The number of hydrogen-bond acceptors (Lipinski definition) is 5. The minimum absolute atomic E-state index is 0.240. The van der Waals surface area contributed by atoms with E-state index in [1.807, 2.05) is 32.9 Å². The molecule has 1 aromatic carbocycles. The maximum absolute atomic E-state index is 13.1. The molecule has 0 aromatic heterocycles. The van der Waals surface area contributed by atoms with E-state index in [1.54, 1.807) is 6.07 Å². The van der Waals surface area contributed by atoms with Crippen LogP contribution in [0.25, 0.3) is 0 Å². The van der Waals surface area contributed by atoms with Crippen LogP contribution in [0, 0.1) is 25.2 Å². The third kappa shape index (κ3) is 4.45. The summed E-state index contributed by atoms with van der Waals surface area (Å²) in [6.45, 7) is 6.06. The van der Waals surface area contributed by atoms with Gasteiger partial charge in [-0.3, -0.25) is 14.4 Å². The van der Waals surface area contributed by atoms with Gasteiger partial charge in [0.2, 0.25) is 5.91 Å². The van der Waals surface area contributed by atoms with Gasteiger partial charge in [0.25, 0.3) is 5.91 Å². The van der Waals surface area contributed by atoms with Crippen molar-refractivity contribution >= 4 is 41.1 Å². The first kappa shape index (κ1) is 22.5. The van der Waals surface area contributed by atoms with Gasteiger partial charge in [0.15, 0.2) is 6.10 Å². The molecule has 1 aromatic rings. The Morgan fingerprint density at radius 3 is 2.83 bits per heavy atom. The van der Waals surface area contributed by atoms with Crippen LogP contribution in [0.2, 0.25) is 5.02 Å². The molecule has 2 fully saturated rings. The summed E-state index contributed by atoms with van der Waals surface area (Å²) in [5.74, 6) is 1.26. The summed E-state index contributed by atoms with van der Waals surface area (Å²) in [6.07, 6.45) is 4.89. The summed E-state index contributed by atoms with van der Waals surface area (Å²) in [5, 5.41) is 3.51. The van der Waals surface area contributed by atoms with Crippen molar-refractivity contribution in [2.24, 2.45) is 5.92 Å². The lowest BCUT2D eigenvalue weighted by molar-refractivity contribution is -0.155. The van der Waals surface area contributed by atoms with Crippen LogP contribution in [0.5, 0.6) is 0 Å². The lowest BCUT2D eigenvalue weighted by Crippen LogP contribution is -2.55. The summed E-state index contributed by atoms with van der Waals surface area (Å²) >= 11 is 7.78. The molecule has 3 rings (SSSR count). The number of amides is 2. The van der Waals surface area contributed by atoms with Gasteiger partial charge in [-0.1, -0.05) is 23.7 Å². The number of halogens is 1. The normalized spacial score (nSPS) is 25.0. The predicted molar refractivity (Wildman–Crippen MR) is 117 cm³/mol. The molecule has 2 aliphatic heterocycles. The van der Waals surface area contributed by atoms with E-state index in [4.69, 9.17) is 22.8 Å². The standard InChI is InChI=1S/C22H25ClN2O4S/c1-5-7-14-10-17(29-21(14)28)20(27)25-12-30-22(3,4)18(25)19(26)24-11-15-13(2)8-6-9-16(15)23/h1,6,8-9,14,17-18H,7,10-12H2,2-4H3,(H,24,26)/t14-,17+,18-/m1/s1. The number of nitrogens with zero attached hydrogens (tertiary/aromatic N) is 1. The van der Waals surface area contributed by atoms with E-state index in [2.05, 4.69) is 11.2 Å². The SMILES string of the molecule is C#CC[C@@H]1C[C@@H](C(=O)N2CSC(C)(C)[C@H]2C(=O)NCc2c(C)cccc2Cl)OC1=O. The number of benzene rings is 1. The molecular formula is C22H25ClN2O4S. The van der Waals surface area contributed by atoms with Crippen molar-refractivity contribution in [3.63, 3.8) is 0 Å². The molecule has 0 aliphatic carbocycles. The highest BCUT2D eigenvalue weighted by molar-refractivity contribution is 8.00. The Hall–Kier alpha value is -2.17. The molecule has 160 valence electrons. The summed E-state index contributed by atoms with van der Waals surface area (Å²) in [5.41, 5.74) is 1.82. The number of cyclic esters (lactones) is 1. The van der Waals surface area contributed by atoms with Crippen LogP contribution in [-0.4, -0.2) is 45.5 Å². The van der Waals surface area contributed by atoms with E-state index in [0.717, 1.165) is 11.1 Å². The van der Waals surface area contributed by atoms with Gasteiger partial charge >= 0.3 is 5.97 Å². The Bertz CT molecular complexity index is 891. The van der Waals surface area contributed by atoms with Gasteiger partial charge < -0.3 is 15.0 Å². The molecule has 2 aliphatic rings. The topological polar surface area (TPSA) is 75.7 Å². The monoisotopic (exact) mass is 448 g/mol. The first-order chi connectivity index (χ1) is 14.2.